The molecule has 1 heterocycles. The number of carbonyl (C=O) groups excluding carboxylic acids is 1. The first-order chi connectivity index (χ1) is 15.5. The van der Waals surface area contributed by atoms with Crippen molar-refractivity contribution >= 4 is 43.5 Å². The number of hydrogen-bond acceptors (Lipinski definition) is 4. The second kappa shape index (κ2) is 9.76. The van der Waals surface area contributed by atoms with Crippen LogP contribution in [-0.2, 0) is 10.0 Å². The number of carbonyl (C=O) groups is 2. The van der Waals surface area contributed by atoms with Gasteiger partial charge in [-0.2, -0.15) is 0 Å². The van der Waals surface area contributed by atoms with Gasteiger partial charge in [0.1, 0.15) is 0 Å². The van der Waals surface area contributed by atoms with E-state index in [1.54, 1.807) is 13.0 Å². The average molecular weight is 531 g/mol. The third-order valence-electron chi connectivity index (χ3n) is 5.16. The minimum atomic E-state index is -3.78. The molecule has 0 fully saturated rings. The van der Waals surface area contributed by atoms with Gasteiger partial charge < -0.3 is 10.4 Å². The molecule has 0 unspecified atom stereocenters. The van der Waals surface area contributed by atoms with Gasteiger partial charge in [-0.3, -0.25) is 9.10 Å². The number of carboxylic acid groups (broad SMARTS) is 1. The number of carboxylic acids is 1. The summed E-state index contributed by atoms with van der Waals surface area (Å²) < 4.78 is 28.2. The van der Waals surface area contributed by atoms with Gasteiger partial charge in [0.05, 0.1) is 16.1 Å². The Morgan fingerprint density at radius 2 is 1.85 bits per heavy atom. The zero-order valence-electron chi connectivity index (χ0n) is 18.1. The second-order valence-electron chi connectivity index (χ2n) is 7.59. The van der Waals surface area contributed by atoms with Gasteiger partial charge in [0, 0.05) is 22.3 Å². The molecule has 0 saturated heterocycles. The number of benzene rings is 2. The zero-order chi connectivity index (χ0) is 24.3. The van der Waals surface area contributed by atoms with Gasteiger partial charge in [0.2, 0.25) is 0 Å². The van der Waals surface area contributed by atoms with Crippen LogP contribution in [0.3, 0.4) is 0 Å². The maximum Gasteiger partial charge on any atom is 0.337 e. The third kappa shape index (κ3) is 5.43. The van der Waals surface area contributed by atoms with Crippen LogP contribution < -0.4 is 5.32 Å². The van der Waals surface area contributed by atoms with E-state index in [0.717, 1.165) is 11.1 Å². The molecular formula is C24H23BrN2O5S. The Kier molecular flexibility index (Phi) is 7.24. The van der Waals surface area contributed by atoms with Crippen molar-refractivity contribution in [2.45, 2.75) is 25.2 Å². The molecule has 0 atom stereocenters. The lowest BCUT2D eigenvalue weighted by Crippen LogP contribution is -2.27. The summed E-state index contributed by atoms with van der Waals surface area (Å²) in [5.74, 6) is -1.73. The van der Waals surface area contributed by atoms with Crippen LogP contribution in [-0.4, -0.2) is 36.3 Å². The number of amides is 1. The van der Waals surface area contributed by atoms with Gasteiger partial charge in [0.25, 0.3) is 15.9 Å². The number of nitrogens with zero attached hydrogens (tertiary/aromatic N) is 1. The SMILES string of the molecule is C=C(C)/C=C\C1=C(C)N(S(=O)(=O)c2ccc(C(=O)Nc3ccc(Br)cc3C(=O)O)cc2)CC1. The Morgan fingerprint density at radius 3 is 2.45 bits per heavy atom. The van der Waals surface area contributed by atoms with Crippen LogP contribution in [0.4, 0.5) is 5.69 Å². The molecule has 2 N–H and O–H groups in total. The molecule has 0 aliphatic carbocycles. The summed E-state index contributed by atoms with van der Waals surface area (Å²) >= 11 is 3.21. The minimum Gasteiger partial charge on any atom is -0.478 e. The fourth-order valence-corrected chi connectivity index (χ4v) is 5.29. The number of hydrogen-bond donors (Lipinski definition) is 2. The molecule has 33 heavy (non-hydrogen) atoms. The van der Waals surface area contributed by atoms with E-state index in [1.165, 1.54) is 40.7 Å². The zero-order valence-corrected chi connectivity index (χ0v) is 20.5. The Hall–Kier alpha value is -3.17. The van der Waals surface area contributed by atoms with E-state index in [-0.39, 0.29) is 21.7 Å². The first kappa shape index (κ1) is 24.5. The molecule has 0 spiro atoms. The molecule has 172 valence electrons. The van der Waals surface area contributed by atoms with Crippen LogP contribution in [0.15, 0.2) is 87.4 Å². The normalized spacial score (nSPS) is 14.1. The van der Waals surface area contributed by atoms with Crippen molar-refractivity contribution in [2.75, 3.05) is 11.9 Å². The van der Waals surface area contributed by atoms with Crippen molar-refractivity contribution < 1.29 is 23.1 Å². The largest absolute Gasteiger partial charge is 0.478 e. The van der Waals surface area contributed by atoms with Crippen LogP contribution in [0, 0.1) is 0 Å². The quantitative estimate of drug-likeness (QED) is 0.478. The number of rotatable bonds is 7. The van der Waals surface area contributed by atoms with Crippen molar-refractivity contribution in [1.82, 2.24) is 4.31 Å². The van der Waals surface area contributed by atoms with Crippen molar-refractivity contribution in [3.05, 3.63) is 93.6 Å². The first-order valence-electron chi connectivity index (χ1n) is 10.0. The summed E-state index contributed by atoms with van der Waals surface area (Å²) in [7, 11) is -3.78. The Labute approximate surface area is 201 Å². The van der Waals surface area contributed by atoms with Gasteiger partial charge in [0.15, 0.2) is 0 Å². The molecule has 1 amide bonds. The molecule has 1 aliphatic rings. The summed E-state index contributed by atoms with van der Waals surface area (Å²) in [6.45, 7) is 7.79. The predicted octanol–water partition coefficient (Wildman–Crippen LogP) is 5.20. The van der Waals surface area contributed by atoms with E-state index in [0.29, 0.717) is 23.1 Å². The van der Waals surface area contributed by atoms with Crippen molar-refractivity contribution in [3.63, 3.8) is 0 Å². The smallest absolute Gasteiger partial charge is 0.337 e. The predicted molar refractivity (Wildman–Crippen MR) is 131 cm³/mol. The summed E-state index contributed by atoms with van der Waals surface area (Å²) in [6, 6.07) is 10.0. The maximum atomic E-state index is 13.1. The number of halogens is 1. The van der Waals surface area contributed by atoms with Gasteiger partial charge in [-0.1, -0.05) is 40.2 Å². The molecule has 0 saturated carbocycles. The van der Waals surface area contributed by atoms with Crippen LogP contribution in [0.2, 0.25) is 0 Å². The first-order valence-corrected chi connectivity index (χ1v) is 12.2. The highest BCUT2D eigenvalue weighted by Crippen LogP contribution is 2.30. The summed E-state index contributed by atoms with van der Waals surface area (Å²) in [4.78, 5) is 24.1. The standard InChI is InChI=1S/C24H23BrN2O5S/c1-15(2)4-5-17-12-13-27(16(17)3)33(31,32)20-9-6-18(7-10-20)23(28)26-22-11-8-19(25)14-21(22)24(29)30/h4-11,14H,1,12-13H2,2-3H3,(H,26,28)(H,29,30)/b5-4-. The molecule has 0 radical (unpaired) electrons. The van der Waals surface area contributed by atoms with E-state index in [2.05, 4.69) is 27.8 Å². The second-order valence-corrected chi connectivity index (χ2v) is 10.4. The van der Waals surface area contributed by atoms with Crippen molar-refractivity contribution in [2.24, 2.45) is 0 Å². The lowest BCUT2D eigenvalue weighted by atomic mass is 10.1. The Balaban J connectivity index is 1.81. The topological polar surface area (TPSA) is 104 Å². The fraction of sp³-hybridized carbons (Fsp3) is 0.167. The molecule has 1 aliphatic heterocycles. The van der Waals surface area contributed by atoms with Gasteiger partial charge in [-0.25, -0.2) is 13.2 Å². The van der Waals surface area contributed by atoms with Crippen LogP contribution in [0.25, 0.3) is 0 Å². The minimum absolute atomic E-state index is 0.0651. The number of aromatic carboxylic acids is 1. The molecule has 0 bridgehead atoms. The van der Waals surface area contributed by atoms with E-state index in [1.807, 2.05) is 19.1 Å². The van der Waals surface area contributed by atoms with Gasteiger partial charge in [-0.15, -0.1) is 0 Å². The molecule has 2 aromatic carbocycles. The van der Waals surface area contributed by atoms with Gasteiger partial charge in [-0.05, 0) is 68.3 Å². The Morgan fingerprint density at radius 1 is 1.18 bits per heavy atom. The number of sulfonamides is 1. The highest BCUT2D eigenvalue weighted by molar-refractivity contribution is 9.10. The summed E-state index contributed by atoms with van der Waals surface area (Å²) in [5.41, 5.74) is 2.74. The van der Waals surface area contributed by atoms with Crippen LogP contribution >= 0.6 is 15.9 Å². The Bertz CT molecular complexity index is 1290. The van der Waals surface area contributed by atoms with Crippen molar-refractivity contribution in [3.8, 4) is 0 Å². The molecule has 2 aromatic rings. The number of anilines is 1. The molecule has 3 rings (SSSR count). The van der Waals surface area contributed by atoms with E-state index in [9.17, 15) is 23.1 Å². The van der Waals surface area contributed by atoms with E-state index in [4.69, 9.17) is 0 Å². The van der Waals surface area contributed by atoms with Crippen LogP contribution in [0.1, 0.15) is 41.0 Å². The van der Waals surface area contributed by atoms with E-state index >= 15 is 0 Å². The lowest BCUT2D eigenvalue weighted by Gasteiger charge is -2.20. The van der Waals surface area contributed by atoms with E-state index < -0.39 is 21.9 Å². The number of allylic oxidation sites excluding steroid dienone is 4. The highest BCUT2D eigenvalue weighted by atomic mass is 79.9. The van der Waals surface area contributed by atoms with Crippen molar-refractivity contribution in [1.29, 1.82) is 0 Å². The highest BCUT2D eigenvalue weighted by Gasteiger charge is 2.30. The van der Waals surface area contributed by atoms with Gasteiger partial charge >= 0.3 is 5.97 Å². The fourth-order valence-electron chi connectivity index (χ4n) is 3.38. The lowest BCUT2D eigenvalue weighted by molar-refractivity contribution is 0.0698. The molecule has 7 nitrogen and oxygen atoms in total. The molecule has 0 aromatic heterocycles. The maximum absolute atomic E-state index is 13.1. The number of nitrogens with one attached hydrogen (secondary N) is 1. The molecular weight excluding hydrogens is 508 g/mol. The van der Waals surface area contributed by atoms with Crippen LogP contribution in [0.5, 0.6) is 0 Å². The molecule has 9 heteroatoms. The average Bonchev–Trinajstić information content (AvgIpc) is 3.14. The monoisotopic (exact) mass is 530 g/mol. The summed E-state index contributed by atoms with van der Waals surface area (Å²) in [5, 5.41) is 11.9. The third-order valence-corrected chi connectivity index (χ3v) is 7.55. The summed E-state index contributed by atoms with van der Waals surface area (Å²) in [6.07, 6.45) is 4.34.